The fourth-order valence-corrected chi connectivity index (χ4v) is 0.909. The molecule has 0 aliphatic rings. The molecule has 90 valence electrons. The normalized spacial score (nSPS) is 12.5. The molecule has 0 aliphatic heterocycles. The van der Waals surface area contributed by atoms with Gasteiger partial charge < -0.3 is 19.9 Å². The molecule has 0 saturated heterocycles. The van der Waals surface area contributed by atoms with E-state index in [2.05, 4.69) is 12.6 Å². The third kappa shape index (κ3) is 8.68. The Bertz CT molecular complexity index is 168. The quantitative estimate of drug-likeness (QED) is 0.331. The summed E-state index contributed by atoms with van der Waals surface area (Å²) in [6, 6.07) is -0.636. The lowest BCUT2D eigenvalue weighted by Crippen LogP contribution is -2.34. The SMILES string of the molecule is COCCOCCCOC(=O)C(N)CS. The van der Waals surface area contributed by atoms with E-state index in [4.69, 9.17) is 19.9 Å². The van der Waals surface area contributed by atoms with Crippen molar-refractivity contribution in [3.63, 3.8) is 0 Å². The fourth-order valence-electron chi connectivity index (χ4n) is 0.760. The number of hydrogen-bond acceptors (Lipinski definition) is 6. The van der Waals surface area contributed by atoms with Crippen molar-refractivity contribution < 1.29 is 19.0 Å². The Balaban J connectivity index is 3.20. The number of nitrogens with two attached hydrogens (primary N) is 1. The molecule has 0 aromatic carbocycles. The van der Waals surface area contributed by atoms with Crippen molar-refractivity contribution >= 4 is 18.6 Å². The van der Waals surface area contributed by atoms with Crippen LogP contribution in [-0.2, 0) is 19.0 Å². The zero-order valence-corrected chi connectivity index (χ0v) is 9.87. The zero-order chi connectivity index (χ0) is 11.5. The van der Waals surface area contributed by atoms with Crippen LogP contribution in [0.25, 0.3) is 0 Å². The van der Waals surface area contributed by atoms with E-state index in [9.17, 15) is 4.79 Å². The summed E-state index contributed by atoms with van der Waals surface area (Å²) < 4.78 is 14.9. The van der Waals surface area contributed by atoms with Gasteiger partial charge in [-0.3, -0.25) is 4.79 Å². The van der Waals surface area contributed by atoms with Gasteiger partial charge in [-0.15, -0.1) is 0 Å². The minimum absolute atomic E-state index is 0.295. The first-order valence-corrected chi connectivity index (χ1v) is 5.45. The van der Waals surface area contributed by atoms with Crippen molar-refractivity contribution in [1.82, 2.24) is 0 Å². The van der Waals surface area contributed by atoms with Crippen LogP contribution in [0.4, 0.5) is 0 Å². The Morgan fingerprint density at radius 1 is 1.33 bits per heavy atom. The number of rotatable bonds is 9. The van der Waals surface area contributed by atoms with Gasteiger partial charge >= 0.3 is 5.97 Å². The van der Waals surface area contributed by atoms with Gasteiger partial charge in [-0.05, 0) is 0 Å². The van der Waals surface area contributed by atoms with E-state index < -0.39 is 12.0 Å². The third-order valence-electron chi connectivity index (χ3n) is 1.61. The predicted molar refractivity (Wildman–Crippen MR) is 60.1 cm³/mol. The van der Waals surface area contributed by atoms with Crippen LogP contribution in [0, 0.1) is 0 Å². The van der Waals surface area contributed by atoms with E-state index in [1.807, 2.05) is 0 Å². The molecule has 0 radical (unpaired) electrons. The highest BCUT2D eigenvalue weighted by Crippen LogP contribution is 1.91. The summed E-state index contributed by atoms with van der Waals surface area (Å²) in [6.07, 6.45) is 0.661. The van der Waals surface area contributed by atoms with Crippen LogP contribution in [0.1, 0.15) is 6.42 Å². The summed E-state index contributed by atoms with van der Waals surface area (Å²) in [6.45, 7) is 2.00. The van der Waals surface area contributed by atoms with Gasteiger partial charge in [0.2, 0.25) is 0 Å². The molecule has 0 bridgehead atoms. The van der Waals surface area contributed by atoms with Crippen molar-refractivity contribution in [2.24, 2.45) is 5.73 Å². The van der Waals surface area contributed by atoms with E-state index in [1.165, 1.54) is 0 Å². The smallest absolute Gasteiger partial charge is 0.323 e. The molecule has 6 heteroatoms. The van der Waals surface area contributed by atoms with Gasteiger partial charge in [0, 0.05) is 25.9 Å². The maximum Gasteiger partial charge on any atom is 0.323 e. The minimum atomic E-state index is -0.636. The Hall–Kier alpha value is -0.300. The predicted octanol–water partition coefficient (Wildman–Crippen LogP) is -0.160. The summed E-state index contributed by atoms with van der Waals surface area (Å²) in [5.74, 6) is -0.120. The number of methoxy groups -OCH3 is 1. The van der Waals surface area contributed by atoms with Gasteiger partial charge in [0.1, 0.15) is 6.04 Å². The standard InChI is InChI=1S/C9H19NO4S/c1-12-5-6-13-3-2-4-14-9(11)8(10)7-15/h8,15H,2-7,10H2,1H3. The molecule has 2 N–H and O–H groups in total. The third-order valence-corrected chi connectivity index (χ3v) is 2.00. The lowest BCUT2D eigenvalue weighted by Gasteiger charge is -2.08. The lowest BCUT2D eigenvalue weighted by molar-refractivity contribution is -0.145. The molecule has 0 heterocycles. The molecule has 0 saturated carbocycles. The highest BCUT2D eigenvalue weighted by molar-refractivity contribution is 7.80. The van der Waals surface area contributed by atoms with Gasteiger partial charge in [0.05, 0.1) is 19.8 Å². The van der Waals surface area contributed by atoms with E-state index >= 15 is 0 Å². The summed E-state index contributed by atoms with van der Waals surface area (Å²) in [5, 5.41) is 0. The largest absolute Gasteiger partial charge is 0.464 e. The topological polar surface area (TPSA) is 70.8 Å². The molecular formula is C9H19NO4S. The van der Waals surface area contributed by atoms with Crippen LogP contribution in [0.2, 0.25) is 0 Å². The second kappa shape index (κ2) is 10.2. The summed E-state index contributed by atoms with van der Waals surface area (Å²) >= 11 is 3.89. The number of thiol groups is 1. The Labute approximate surface area is 95.7 Å². The lowest BCUT2D eigenvalue weighted by atomic mass is 10.4. The first-order valence-electron chi connectivity index (χ1n) is 4.82. The molecule has 5 nitrogen and oxygen atoms in total. The van der Waals surface area contributed by atoms with E-state index in [0.717, 1.165) is 0 Å². The molecule has 0 aromatic heterocycles. The zero-order valence-electron chi connectivity index (χ0n) is 8.98. The summed E-state index contributed by atoms with van der Waals surface area (Å²) in [4.78, 5) is 11.1. The Kier molecular flexibility index (Phi) is 10.0. The second-order valence-corrected chi connectivity index (χ2v) is 3.28. The maximum atomic E-state index is 11.1. The summed E-state index contributed by atoms with van der Waals surface area (Å²) in [5.41, 5.74) is 5.40. The number of carbonyl (C=O) groups excluding carboxylic acids is 1. The fraction of sp³-hybridized carbons (Fsp3) is 0.889. The Morgan fingerprint density at radius 2 is 2.07 bits per heavy atom. The first-order chi connectivity index (χ1) is 7.22. The number of ether oxygens (including phenoxy) is 3. The molecule has 1 unspecified atom stereocenters. The van der Waals surface area contributed by atoms with Crippen LogP contribution in [-0.4, -0.2) is 51.3 Å². The number of hydrogen-bond donors (Lipinski definition) is 2. The van der Waals surface area contributed by atoms with Crippen molar-refractivity contribution in [1.29, 1.82) is 0 Å². The average Bonchev–Trinajstić information content (AvgIpc) is 2.26. The van der Waals surface area contributed by atoms with Crippen LogP contribution < -0.4 is 5.73 Å². The Morgan fingerprint density at radius 3 is 2.67 bits per heavy atom. The molecule has 15 heavy (non-hydrogen) atoms. The first kappa shape index (κ1) is 14.7. The second-order valence-electron chi connectivity index (χ2n) is 2.92. The van der Waals surface area contributed by atoms with Gasteiger partial charge in [-0.1, -0.05) is 0 Å². The molecule has 0 aromatic rings. The highest BCUT2D eigenvalue weighted by atomic mass is 32.1. The molecule has 0 fully saturated rings. The summed E-state index contributed by atoms with van der Waals surface area (Å²) in [7, 11) is 1.62. The molecule has 0 aliphatic carbocycles. The van der Waals surface area contributed by atoms with Crippen LogP contribution >= 0.6 is 12.6 Å². The van der Waals surface area contributed by atoms with Gasteiger partial charge in [-0.25, -0.2) is 0 Å². The highest BCUT2D eigenvalue weighted by Gasteiger charge is 2.11. The van der Waals surface area contributed by atoms with Crippen LogP contribution in [0.5, 0.6) is 0 Å². The molecule has 0 spiro atoms. The monoisotopic (exact) mass is 237 g/mol. The molecule has 0 amide bonds. The maximum absolute atomic E-state index is 11.1. The number of carbonyl (C=O) groups is 1. The van der Waals surface area contributed by atoms with Crippen LogP contribution in [0.15, 0.2) is 0 Å². The molecular weight excluding hydrogens is 218 g/mol. The van der Waals surface area contributed by atoms with E-state index in [1.54, 1.807) is 7.11 Å². The van der Waals surface area contributed by atoms with Crippen molar-refractivity contribution in [2.45, 2.75) is 12.5 Å². The minimum Gasteiger partial charge on any atom is -0.464 e. The van der Waals surface area contributed by atoms with Crippen molar-refractivity contribution in [3.05, 3.63) is 0 Å². The van der Waals surface area contributed by atoms with Crippen molar-refractivity contribution in [3.8, 4) is 0 Å². The van der Waals surface area contributed by atoms with E-state index in [-0.39, 0.29) is 0 Å². The average molecular weight is 237 g/mol. The molecule has 1 atom stereocenters. The van der Waals surface area contributed by atoms with Crippen molar-refractivity contribution in [2.75, 3.05) is 39.3 Å². The van der Waals surface area contributed by atoms with E-state index in [0.29, 0.717) is 38.6 Å². The van der Waals surface area contributed by atoms with Gasteiger partial charge in [0.25, 0.3) is 0 Å². The number of esters is 1. The van der Waals surface area contributed by atoms with Gasteiger partial charge in [0.15, 0.2) is 0 Å². The molecule has 0 rings (SSSR count). The van der Waals surface area contributed by atoms with Gasteiger partial charge in [-0.2, -0.15) is 12.6 Å². The van der Waals surface area contributed by atoms with Crippen LogP contribution in [0.3, 0.4) is 0 Å².